The molecule has 0 aromatic heterocycles. The van der Waals surface area contributed by atoms with E-state index in [1.54, 1.807) is 0 Å². The molecule has 7 nitrogen and oxygen atoms in total. The number of fused-ring (bicyclic) bond motifs is 2. The minimum Gasteiger partial charge on any atom is -0.494 e. The molecule has 33 heavy (non-hydrogen) atoms. The number of carbonyl (C=O) groups is 2. The first kappa shape index (κ1) is 22.8. The van der Waals surface area contributed by atoms with Crippen LogP contribution in [0.4, 0.5) is 11.4 Å². The maximum Gasteiger partial charge on any atom is 0.246 e. The minimum atomic E-state index is -0.0300. The second kappa shape index (κ2) is 11.0. The molecule has 2 aromatic carbocycles. The molecular formula is C26H32N4O3. The lowest BCUT2D eigenvalue weighted by molar-refractivity contribution is -0.119. The normalized spacial score (nSPS) is 14.3. The average Bonchev–Trinajstić information content (AvgIpc) is 3.19. The van der Waals surface area contributed by atoms with Gasteiger partial charge in [0, 0.05) is 30.8 Å². The fourth-order valence-electron chi connectivity index (χ4n) is 4.18. The van der Waals surface area contributed by atoms with Gasteiger partial charge in [-0.05, 0) is 43.2 Å². The van der Waals surface area contributed by atoms with Crippen molar-refractivity contribution >= 4 is 29.1 Å². The number of carbonyl (C=O) groups excluding carboxylic acids is 2. The van der Waals surface area contributed by atoms with Gasteiger partial charge in [-0.3, -0.25) is 14.9 Å². The zero-order valence-electron chi connectivity index (χ0n) is 19.3. The van der Waals surface area contributed by atoms with Gasteiger partial charge in [0.25, 0.3) is 0 Å². The molecule has 0 spiro atoms. The third kappa shape index (κ3) is 5.92. The van der Waals surface area contributed by atoms with Crippen LogP contribution in [-0.2, 0) is 16.1 Å². The summed E-state index contributed by atoms with van der Waals surface area (Å²) >= 11 is 0. The molecule has 0 radical (unpaired) electrons. The Balaban J connectivity index is 1.28. The molecule has 7 heteroatoms. The van der Waals surface area contributed by atoms with E-state index >= 15 is 0 Å². The van der Waals surface area contributed by atoms with E-state index < -0.39 is 0 Å². The topological polar surface area (TPSA) is 74.2 Å². The Morgan fingerprint density at radius 2 is 1.94 bits per heavy atom. The van der Waals surface area contributed by atoms with Gasteiger partial charge in [0.2, 0.25) is 17.8 Å². The number of hydrogen-bond donors (Lipinski definition) is 1. The zero-order valence-corrected chi connectivity index (χ0v) is 19.3. The van der Waals surface area contributed by atoms with Crippen LogP contribution in [0.5, 0.6) is 5.75 Å². The van der Waals surface area contributed by atoms with Gasteiger partial charge in [-0.15, -0.1) is 0 Å². The van der Waals surface area contributed by atoms with Crippen molar-refractivity contribution in [1.82, 2.24) is 10.2 Å². The Morgan fingerprint density at radius 3 is 2.76 bits per heavy atom. The average molecular weight is 449 g/mol. The number of anilines is 1. The summed E-state index contributed by atoms with van der Waals surface area (Å²) < 4.78 is 5.93. The van der Waals surface area contributed by atoms with Gasteiger partial charge in [-0.25, -0.2) is 4.99 Å². The lowest BCUT2D eigenvalue weighted by atomic mass is 10.1. The summed E-state index contributed by atoms with van der Waals surface area (Å²) in [6, 6.07) is 15.7. The Bertz CT molecular complexity index is 1010. The van der Waals surface area contributed by atoms with E-state index in [0.29, 0.717) is 38.5 Å². The van der Waals surface area contributed by atoms with Crippen molar-refractivity contribution in [3.05, 3.63) is 54.1 Å². The van der Waals surface area contributed by atoms with Crippen molar-refractivity contribution in [2.24, 2.45) is 4.99 Å². The monoisotopic (exact) mass is 448 g/mol. The highest BCUT2D eigenvalue weighted by Crippen LogP contribution is 2.30. The standard InChI is InChI=1S/C26H32N4O3/c1-2-3-4-8-15-30(21-10-6-5-7-11-21)25(32)12-9-16-33-22-13-14-23-20(17-22)18-29-19-24(31)28-26(29)27-23/h5-7,10-11,13-14,17H,2-4,8-9,12,15-16,18-19H2,1H3,(H,27,28,31). The molecule has 174 valence electrons. The van der Waals surface area contributed by atoms with Gasteiger partial charge in [0.05, 0.1) is 12.3 Å². The van der Waals surface area contributed by atoms with Crippen LogP contribution in [0, 0.1) is 0 Å². The summed E-state index contributed by atoms with van der Waals surface area (Å²) in [7, 11) is 0. The second-order valence-electron chi connectivity index (χ2n) is 8.52. The van der Waals surface area contributed by atoms with E-state index in [9.17, 15) is 9.59 Å². The van der Waals surface area contributed by atoms with Crippen molar-refractivity contribution in [1.29, 1.82) is 0 Å². The maximum atomic E-state index is 13.0. The number of unbranched alkanes of at least 4 members (excludes halogenated alkanes) is 3. The smallest absolute Gasteiger partial charge is 0.246 e. The second-order valence-corrected chi connectivity index (χ2v) is 8.52. The maximum absolute atomic E-state index is 13.0. The fourth-order valence-corrected chi connectivity index (χ4v) is 4.18. The molecule has 2 aromatic rings. The van der Waals surface area contributed by atoms with Crippen molar-refractivity contribution in [2.75, 3.05) is 24.6 Å². The number of para-hydroxylation sites is 1. The molecule has 2 aliphatic rings. The van der Waals surface area contributed by atoms with Gasteiger partial charge in [0.1, 0.15) is 12.3 Å². The lowest BCUT2D eigenvalue weighted by Gasteiger charge is -2.23. The van der Waals surface area contributed by atoms with Gasteiger partial charge >= 0.3 is 0 Å². The van der Waals surface area contributed by atoms with Crippen molar-refractivity contribution in [3.63, 3.8) is 0 Å². The first-order chi connectivity index (χ1) is 16.1. The third-order valence-electron chi connectivity index (χ3n) is 5.93. The fraction of sp³-hybridized carbons (Fsp3) is 0.423. The van der Waals surface area contributed by atoms with E-state index in [2.05, 4.69) is 17.2 Å². The highest BCUT2D eigenvalue weighted by Gasteiger charge is 2.29. The lowest BCUT2D eigenvalue weighted by Crippen LogP contribution is -2.32. The van der Waals surface area contributed by atoms with Gasteiger partial charge in [0.15, 0.2) is 0 Å². The Hall–Kier alpha value is -3.35. The van der Waals surface area contributed by atoms with Crippen LogP contribution in [0.1, 0.15) is 51.0 Å². The minimum absolute atomic E-state index is 0.0300. The number of guanidine groups is 1. The molecular weight excluding hydrogens is 416 g/mol. The number of hydrogen-bond acceptors (Lipinski definition) is 5. The van der Waals surface area contributed by atoms with E-state index in [0.717, 1.165) is 42.1 Å². The largest absolute Gasteiger partial charge is 0.494 e. The SMILES string of the molecule is CCCCCCN(C(=O)CCCOc1ccc2c(c1)CN1CC(=O)NC1=N2)c1ccccc1. The number of nitrogens with one attached hydrogen (secondary N) is 1. The third-order valence-corrected chi connectivity index (χ3v) is 5.93. The van der Waals surface area contributed by atoms with Crippen LogP contribution >= 0.6 is 0 Å². The number of benzene rings is 2. The first-order valence-corrected chi connectivity index (χ1v) is 11.9. The molecule has 0 unspecified atom stereocenters. The summed E-state index contributed by atoms with van der Waals surface area (Å²) in [5.74, 6) is 1.49. The number of rotatable bonds is 11. The summed E-state index contributed by atoms with van der Waals surface area (Å²) in [4.78, 5) is 32.9. The molecule has 4 rings (SSSR count). The molecule has 2 aliphatic heterocycles. The summed E-state index contributed by atoms with van der Waals surface area (Å²) in [5, 5.41) is 2.77. The molecule has 0 saturated carbocycles. The number of ether oxygens (including phenoxy) is 1. The Labute approximate surface area is 195 Å². The van der Waals surface area contributed by atoms with Crippen LogP contribution in [0.15, 0.2) is 53.5 Å². The van der Waals surface area contributed by atoms with E-state index in [1.807, 2.05) is 58.3 Å². The molecule has 2 heterocycles. The molecule has 0 aliphatic carbocycles. The van der Waals surface area contributed by atoms with Crippen LogP contribution in [0.2, 0.25) is 0 Å². The Morgan fingerprint density at radius 1 is 1.09 bits per heavy atom. The number of aliphatic imine (C=N–C) groups is 1. The molecule has 1 saturated heterocycles. The summed E-state index contributed by atoms with van der Waals surface area (Å²) in [5.41, 5.74) is 2.85. The predicted molar refractivity (Wildman–Crippen MR) is 130 cm³/mol. The molecule has 0 atom stereocenters. The number of nitrogens with zero attached hydrogens (tertiary/aromatic N) is 3. The summed E-state index contributed by atoms with van der Waals surface area (Å²) in [6.45, 7) is 4.39. The molecule has 1 fully saturated rings. The van der Waals surface area contributed by atoms with E-state index in [4.69, 9.17) is 4.74 Å². The van der Waals surface area contributed by atoms with Gasteiger partial charge < -0.3 is 14.5 Å². The van der Waals surface area contributed by atoms with Crippen molar-refractivity contribution in [2.45, 2.75) is 52.0 Å². The van der Waals surface area contributed by atoms with Crippen molar-refractivity contribution < 1.29 is 14.3 Å². The van der Waals surface area contributed by atoms with Crippen LogP contribution < -0.4 is 15.0 Å². The summed E-state index contributed by atoms with van der Waals surface area (Å²) in [6.07, 6.45) is 5.64. The Kier molecular flexibility index (Phi) is 7.60. The highest BCUT2D eigenvalue weighted by molar-refractivity contribution is 6.05. The van der Waals surface area contributed by atoms with Crippen LogP contribution in [0.25, 0.3) is 0 Å². The van der Waals surface area contributed by atoms with E-state index in [-0.39, 0.29) is 11.8 Å². The van der Waals surface area contributed by atoms with Gasteiger partial charge in [-0.1, -0.05) is 44.4 Å². The quantitative estimate of drug-likeness (QED) is 0.518. The van der Waals surface area contributed by atoms with E-state index in [1.165, 1.54) is 12.8 Å². The highest BCUT2D eigenvalue weighted by atomic mass is 16.5. The van der Waals surface area contributed by atoms with Crippen molar-refractivity contribution in [3.8, 4) is 5.75 Å². The molecule has 1 N–H and O–H groups in total. The molecule has 0 bridgehead atoms. The van der Waals surface area contributed by atoms with Crippen LogP contribution in [0.3, 0.4) is 0 Å². The first-order valence-electron chi connectivity index (χ1n) is 11.9. The predicted octanol–water partition coefficient (Wildman–Crippen LogP) is 4.39. The van der Waals surface area contributed by atoms with Crippen LogP contribution in [-0.4, -0.2) is 42.4 Å². The zero-order chi connectivity index (χ0) is 23.0. The van der Waals surface area contributed by atoms with Gasteiger partial charge in [-0.2, -0.15) is 0 Å². The number of amides is 2. The molecule has 2 amide bonds.